The van der Waals surface area contributed by atoms with E-state index in [9.17, 15) is 17.6 Å². The van der Waals surface area contributed by atoms with Crippen LogP contribution in [0.5, 0.6) is 0 Å². The third-order valence-corrected chi connectivity index (χ3v) is 3.06. The number of hydrogen-bond acceptors (Lipinski definition) is 4. The van der Waals surface area contributed by atoms with Gasteiger partial charge in [-0.3, -0.25) is 0 Å². The zero-order valence-electron chi connectivity index (χ0n) is 11.5. The van der Waals surface area contributed by atoms with E-state index in [0.717, 1.165) is 5.56 Å². The van der Waals surface area contributed by atoms with Gasteiger partial charge in [-0.25, -0.2) is 0 Å². The van der Waals surface area contributed by atoms with Crippen LogP contribution in [0.2, 0.25) is 0 Å². The van der Waals surface area contributed by atoms with E-state index < -0.39 is 29.2 Å². The summed E-state index contributed by atoms with van der Waals surface area (Å²) >= 11 is 0. The van der Waals surface area contributed by atoms with Crippen LogP contribution in [-0.4, -0.2) is 10.1 Å². The van der Waals surface area contributed by atoms with Gasteiger partial charge in [0.05, 0.1) is 6.54 Å². The average molecular weight is 323 g/mol. The van der Waals surface area contributed by atoms with Gasteiger partial charge in [0.1, 0.15) is 11.4 Å². The topological polar surface area (TPSA) is 51.0 Å². The minimum absolute atomic E-state index is 0.187. The van der Waals surface area contributed by atoms with Crippen LogP contribution in [0.25, 0.3) is 11.3 Å². The first-order valence-corrected chi connectivity index (χ1v) is 6.51. The predicted molar refractivity (Wildman–Crippen MR) is 73.3 cm³/mol. The fourth-order valence-electron chi connectivity index (χ4n) is 1.95. The van der Waals surface area contributed by atoms with Crippen molar-refractivity contribution < 1.29 is 22.1 Å². The van der Waals surface area contributed by atoms with E-state index in [0.29, 0.717) is 11.5 Å². The van der Waals surface area contributed by atoms with E-state index in [1.165, 1.54) is 0 Å². The summed E-state index contributed by atoms with van der Waals surface area (Å²) < 4.78 is 58.0. The third kappa shape index (κ3) is 3.01. The average Bonchev–Trinajstić information content (AvgIpc) is 3.03. The van der Waals surface area contributed by atoms with Crippen molar-refractivity contribution in [1.29, 1.82) is 0 Å². The Bertz CT molecular complexity index is 810. The maximum atomic E-state index is 13.5. The van der Waals surface area contributed by atoms with Gasteiger partial charge in [0.15, 0.2) is 5.76 Å². The molecule has 4 nitrogen and oxygen atoms in total. The zero-order valence-corrected chi connectivity index (χ0v) is 11.5. The molecule has 0 radical (unpaired) electrons. The molecular formula is C15H9F4N3O. The second-order valence-electron chi connectivity index (χ2n) is 4.60. The number of nitrogens with one attached hydrogen (secondary N) is 1. The van der Waals surface area contributed by atoms with Crippen LogP contribution in [0.4, 0.5) is 23.2 Å². The SMILES string of the molecule is Fc1nc(F)c(F)c(NCc2cc(-c3ccccc3)on2)c1F. The van der Waals surface area contributed by atoms with E-state index in [2.05, 4.69) is 15.5 Å². The summed E-state index contributed by atoms with van der Waals surface area (Å²) in [5, 5.41) is 5.98. The zero-order chi connectivity index (χ0) is 16.4. The number of anilines is 1. The van der Waals surface area contributed by atoms with Crippen LogP contribution in [0.1, 0.15) is 5.69 Å². The molecule has 2 aromatic heterocycles. The minimum Gasteiger partial charge on any atom is -0.374 e. The van der Waals surface area contributed by atoms with Gasteiger partial charge < -0.3 is 9.84 Å². The van der Waals surface area contributed by atoms with Crippen LogP contribution in [0.15, 0.2) is 40.9 Å². The second kappa shape index (κ2) is 6.07. The fourth-order valence-corrected chi connectivity index (χ4v) is 1.95. The molecule has 1 aromatic carbocycles. The number of benzene rings is 1. The number of pyridine rings is 1. The summed E-state index contributed by atoms with van der Waals surface area (Å²) in [6.07, 6.45) is 0. The highest BCUT2D eigenvalue weighted by Crippen LogP contribution is 2.24. The van der Waals surface area contributed by atoms with Crippen LogP contribution in [0.3, 0.4) is 0 Å². The van der Waals surface area contributed by atoms with Gasteiger partial charge >= 0.3 is 0 Å². The molecule has 0 spiro atoms. The Morgan fingerprint density at radius 1 is 0.957 bits per heavy atom. The summed E-state index contributed by atoms with van der Waals surface area (Å²) in [6, 6.07) is 10.6. The molecule has 0 saturated carbocycles. The van der Waals surface area contributed by atoms with Crippen LogP contribution in [-0.2, 0) is 6.54 Å². The molecule has 3 rings (SSSR count). The summed E-state index contributed by atoms with van der Waals surface area (Å²) in [5.41, 5.74) is 0.129. The monoisotopic (exact) mass is 323 g/mol. The van der Waals surface area contributed by atoms with Crippen molar-refractivity contribution in [1.82, 2.24) is 10.1 Å². The highest BCUT2D eigenvalue weighted by Gasteiger charge is 2.20. The lowest BCUT2D eigenvalue weighted by molar-refractivity contribution is 0.409. The van der Waals surface area contributed by atoms with Crippen molar-refractivity contribution in [3.63, 3.8) is 0 Å². The molecule has 23 heavy (non-hydrogen) atoms. The smallest absolute Gasteiger partial charge is 0.253 e. The van der Waals surface area contributed by atoms with E-state index in [-0.39, 0.29) is 6.54 Å². The molecule has 0 aliphatic carbocycles. The number of rotatable bonds is 4. The summed E-state index contributed by atoms with van der Waals surface area (Å²) in [6.45, 7) is -0.187. The van der Waals surface area contributed by atoms with Gasteiger partial charge in [-0.05, 0) is 0 Å². The Kier molecular flexibility index (Phi) is 3.96. The summed E-state index contributed by atoms with van der Waals surface area (Å²) in [5.74, 6) is -6.20. The van der Waals surface area contributed by atoms with E-state index in [1.807, 2.05) is 18.2 Å². The highest BCUT2D eigenvalue weighted by atomic mass is 19.2. The Morgan fingerprint density at radius 3 is 2.26 bits per heavy atom. The van der Waals surface area contributed by atoms with Crippen molar-refractivity contribution in [2.75, 3.05) is 5.32 Å². The predicted octanol–water partition coefficient (Wildman–Crippen LogP) is 3.91. The van der Waals surface area contributed by atoms with Gasteiger partial charge in [-0.2, -0.15) is 22.5 Å². The van der Waals surface area contributed by atoms with Crippen molar-refractivity contribution >= 4 is 5.69 Å². The molecule has 0 atom stereocenters. The standard InChI is InChI=1S/C15H9F4N3O/c16-11-13(12(17)15(19)21-14(11)18)20-7-9-6-10(23-22-9)8-4-2-1-3-5-8/h1-6H,7H2,(H,20,21). The largest absolute Gasteiger partial charge is 0.374 e. The molecule has 1 N–H and O–H groups in total. The normalized spacial score (nSPS) is 10.8. The minimum atomic E-state index is -1.73. The Balaban J connectivity index is 1.79. The quantitative estimate of drug-likeness (QED) is 0.584. The number of hydrogen-bond donors (Lipinski definition) is 1. The maximum Gasteiger partial charge on any atom is 0.253 e. The van der Waals surface area contributed by atoms with Crippen LogP contribution >= 0.6 is 0 Å². The maximum absolute atomic E-state index is 13.5. The molecule has 0 bridgehead atoms. The number of halogens is 4. The molecule has 8 heteroatoms. The number of aromatic nitrogens is 2. The van der Waals surface area contributed by atoms with Gasteiger partial charge in [0.2, 0.25) is 11.6 Å². The molecule has 0 unspecified atom stereocenters. The Hall–Kier alpha value is -2.90. The molecule has 0 amide bonds. The molecule has 0 fully saturated rings. The van der Waals surface area contributed by atoms with Gasteiger partial charge in [0.25, 0.3) is 11.9 Å². The first kappa shape index (κ1) is 15.0. The number of nitrogens with zero attached hydrogens (tertiary/aromatic N) is 2. The molecule has 0 saturated heterocycles. The molecule has 3 aromatic rings. The lowest BCUT2D eigenvalue weighted by atomic mass is 10.1. The first-order chi connectivity index (χ1) is 11.1. The Morgan fingerprint density at radius 2 is 1.61 bits per heavy atom. The first-order valence-electron chi connectivity index (χ1n) is 6.51. The van der Waals surface area contributed by atoms with Crippen molar-refractivity contribution in [2.24, 2.45) is 0 Å². The van der Waals surface area contributed by atoms with Gasteiger partial charge in [-0.15, -0.1) is 0 Å². The molecule has 0 aliphatic heterocycles. The lowest BCUT2D eigenvalue weighted by Crippen LogP contribution is -2.09. The highest BCUT2D eigenvalue weighted by molar-refractivity contribution is 5.57. The van der Waals surface area contributed by atoms with Gasteiger partial charge in [-0.1, -0.05) is 35.5 Å². The third-order valence-electron chi connectivity index (χ3n) is 3.06. The van der Waals surface area contributed by atoms with E-state index in [4.69, 9.17) is 4.52 Å². The van der Waals surface area contributed by atoms with Crippen molar-refractivity contribution in [3.8, 4) is 11.3 Å². The molecule has 0 aliphatic rings. The van der Waals surface area contributed by atoms with Crippen molar-refractivity contribution in [2.45, 2.75) is 6.54 Å². The van der Waals surface area contributed by atoms with Crippen LogP contribution < -0.4 is 5.32 Å². The van der Waals surface area contributed by atoms with E-state index in [1.54, 1.807) is 18.2 Å². The summed E-state index contributed by atoms with van der Waals surface area (Å²) in [7, 11) is 0. The molecule has 118 valence electrons. The van der Waals surface area contributed by atoms with E-state index >= 15 is 0 Å². The summed E-state index contributed by atoms with van der Waals surface area (Å²) in [4.78, 5) is 2.47. The fraction of sp³-hybridized carbons (Fsp3) is 0.0667. The molecule has 2 heterocycles. The van der Waals surface area contributed by atoms with Crippen molar-refractivity contribution in [3.05, 3.63) is 65.6 Å². The second-order valence-corrected chi connectivity index (χ2v) is 4.60. The van der Waals surface area contributed by atoms with Crippen LogP contribution in [0, 0.1) is 23.5 Å². The van der Waals surface area contributed by atoms with Gasteiger partial charge in [0, 0.05) is 11.6 Å². The lowest BCUT2D eigenvalue weighted by Gasteiger charge is -2.07. The Labute approximate surface area is 127 Å². The molecular weight excluding hydrogens is 314 g/mol.